The Hall–Kier alpha value is -0.940. The Morgan fingerprint density at radius 1 is 1.22 bits per heavy atom. The van der Waals surface area contributed by atoms with E-state index in [2.05, 4.69) is 0 Å². The zero-order valence-electron chi connectivity index (χ0n) is 10.6. The minimum Gasteiger partial charge on any atom is -0.207 e. The van der Waals surface area contributed by atoms with Crippen LogP contribution in [0.2, 0.25) is 0 Å². The molecular formula is C13H18FNO2S. The quantitative estimate of drug-likeness (QED) is 0.828. The molecule has 0 spiro atoms. The Kier molecular flexibility index (Phi) is 3.73. The van der Waals surface area contributed by atoms with Crippen molar-refractivity contribution in [1.29, 1.82) is 0 Å². The maximum absolute atomic E-state index is 13.1. The summed E-state index contributed by atoms with van der Waals surface area (Å²) in [6.07, 6.45) is 1.04. The van der Waals surface area contributed by atoms with Crippen LogP contribution in [0.5, 0.6) is 0 Å². The minimum absolute atomic E-state index is 0.0452. The van der Waals surface area contributed by atoms with Crippen LogP contribution >= 0.6 is 0 Å². The van der Waals surface area contributed by atoms with Gasteiger partial charge in [-0.2, -0.15) is 4.31 Å². The van der Waals surface area contributed by atoms with Crippen LogP contribution in [0, 0.1) is 17.7 Å². The number of halogens is 1. The van der Waals surface area contributed by atoms with Gasteiger partial charge in [-0.05, 0) is 36.5 Å². The maximum Gasteiger partial charge on any atom is 0.243 e. The highest BCUT2D eigenvalue weighted by atomic mass is 32.2. The summed E-state index contributed by atoms with van der Waals surface area (Å²) in [5, 5.41) is 0. The molecule has 0 aliphatic carbocycles. The second-order valence-corrected chi connectivity index (χ2v) is 7.16. The van der Waals surface area contributed by atoms with E-state index in [9.17, 15) is 12.8 Å². The summed E-state index contributed by atoms with van der Waals surface area (Å²) in [5.74, 6) is 0.170. The van der Waals surface area contributed by atoms with Crippen molar-refractivity contribution in [3.63, 3.8) is 0 Å². The van der Waals surface area contributed by atoms with E-state index in [4.69, 9.17) is 0 Å². The van der Waals surface area contributed by atoms with E-state index in [1.54, 1.807) is 0 Å². The molecule has 0 radical (unpaired) electrons. The van der Waals surface area contributed by atoms with Gasteiger partial charge in [-0.15, -0.1) is 0 Å². The molecule has 1 aliphatic rings. The summed E-state index contributed by atoms with van der Waals surface area (Å²) in [6.45, 7) is 5.12. The minimum atomic E-state index is -3.56. The summed E-state index contributed by atoms with van der Waals surface area (Å²) in [4.78, 5) is 0.0452. The molecule has 2 unspecified atom stereocenters. The lowest BCUT2D eigenvalue weighted by atomic mass is 9.94. The van der Waals surface area contributed by atoms with Gasteiger partial charge in [0.1, 0.15) is 5.82 Å². The zero-order valence-corrected chi connectivity index (χ0v) is 11.5. The smallest absolute Gasteiger partial charge is 0.207 e. The van der Waals surface area contributed by atoms with Gasteiger partial charge in [-0.1, -0.05) is 19.9 Å². The van der Waals surface area contributed by atoms with Gasteiger partial charge in [0, 0.05) is 13.1 Å². The molecule has 1 fully saturated rings. The number of benzene rings is 1. The van der Waals surface area contributed by atoms with Gasteiger partial charge in [-0.3, -0.25) is 0 Å². The van der Waals surface area contributed by atoms with E-state index in [-0.39, 0.29) is 4.90 Å². The fourth-order valence-electron chi connectivity index (χ4n) is 2.58. The van der Waals surface area contributed by atoms with Crippen molar-refractivity contribution in [3.8, 4) is 0 Å². The van der Waals surface area contributed by atoms with E-state index < -0.39 is 15.8 Å². The normalized spacial score (nSPS) is 26.2. The third kappa shape index (κ3) is 2.72. The molecule has 0 aromatic heterocycles. The first-order valence-electron chi connectivity index (χ1n) is 6.15. The third-order valence-electron chi connectivity index (χ3n) is 3.27. The monoisotopic (exact) mass is 271 g/mol. The molecule has 2 atom stereocenters. The largest absolute Gasteiger partial charge is 0.243 e. The third-order valence-corrected chi connectivity index (χ3v) is 5.10. The number of nitrogens with zero attached hydrogens (tertiary/aromatic N) is 1. The van der Waals surface area contributed by atoms with E-state index in [1.807, 2.05) is 13.8 Å². The summed E-state index contributed by atoms with van der Waals surface area (Å²) in [5.41, 5.74) is 0. The molecule has 1 heterocycles. The molecule has 0 bridgehead atoms. The molecule has 1 aliphatic heterocycles. The number of rotatable bonds is 2. The van der Waals surface area contributed by atoms with Gasteiger partial charge in [0.05, 0.1) is 4.90 Å². The lowest BCUT2D eigenvalue weighted by molar-refractivity contribution is 0.222. The highest BCUT2D eigenvalue weighted by molar-refractivity contribution is 7.89. The van der Waals surface area contributed by atoms with Crippen molar-refractivity contribution in [1.82, 2.24) is 4.31 Å². The summed E-state index contributed by atoms with van der Waals surface area (Å²) in [7, 11) is -3.56. The predicted octanol–water partition coefficient (Wildman–Crippen LogP) is 2.49. The molecule has 1 aromatic carbocycles. The van der Waals surface area contributed by atoms with Crippen LogP contribution in [0.1, 0.15) is 20.3 Å². The van der Waals surface area contributed by atoms with Crippen molar-refractivity contribution < 1.29 is 12.8 Å². The molecule has 100 valence electrons. The number of sulfonamides is 1. The first kappa shape index (κ1) is 13.5. The number of hydrogen-bond donors (Lipinski definition) is 0. The Balaban J connectivity index is 2.31. The molecule has 0 saturated carbocycles. The van der Waals surface area contributed by atoms with Gasteiger partial charge < -0.3 is 0 Å². The second kappa shape index (κ2) is 4.97. The van der Waals surface area contributed by atoms with Crippen LogP contribution in [-0.4, -0.2) is 25.8 Å². The lowest BCUT2D eigenvalue weighted by Crippen LogP contribution is -2.42. The first-order chi connectivity index (χ1) is 8.39. The van der Waals surface area contributed by atoms with Crippen LogP contribution in [-0.2, 0) is 10.0 Å². The number of hydrogen-bond acceptors (Lipinski definition) is 2. The highest BCUT2D eigenvalue weighted by Gasteiger charge is 2.31. The average molecular weight is 271 g/mol. The molecule has 1 aromatic rings. The topological polar surface area (TPSA) is 37.4 Å². The van der Waals surface area contributed by atoms with Gasteiger partial charge in [-0.25, -0.2) is 12.8 Å². The Bertz CT molecular complexity index is 520. The SMILES string of the molecule is CC1CC(C)CN(S(=O)(=O)c2cccc(F)c2)C1. The molecule has 2 rings (SSSR count). The van der Waals surface area contributed by atoms with Crippen LogP contribution in [0.25, 0.3) is 0 Å². The lowest BCUT2D eigenvalue weighted by Gasteiger charge is -2.34. The average Bonchev–Trinajstić information content (AvgIpc) is 2.27. The predicted molar refractivity (Wildman–Crippen MR) is 68.1 cm³/mol. The molecule has 3 nitrogen and oxygen atoms in total. The molecule has 5 heteroatoms. The van der Waals surface area contributed by atoms with Gasteiger partial charge in [0.25, 0.3) is 0 Å². The van der Waals surface area contributed by atoms with Crippen LogP contribution in [0.3, 0.4) is 0 Å². The van der Waals surface area contributed by atoms with E-state index >= 15 is 0 Å². The van der Waals surface area contributed by atoms with E-state index in [1.165, 1.54) is 22.5 Å². The maximum atomic E-state index is 13.1. The fraction of sp³-hybridized carbons (Fsp3) is 0.538. The van der Waals surface area contributed by atoms with Crippen LogP contribution < -0.4 is 0 Å². The summed E-state index contributed by atoms with van der Waals surface area (Å²) >= 11 is 0. The van der Waals surface area contributed by atoms with Crippen molar-refractivity contribution in [3.05, 3.63) is 30.1 Å². The molecule has 1 saturated heterocycles. The summed E-state index contributed by atoms with van der Waals surface area (Å²) in [6, 6.07) is 5.21. The Morgan fingerprint density at radius 2 is 1.83 bits per heavy atom. The summed E-state index contributed by atoms with van der Waals surface area (Å²) < 4.78 is 39.4. The standard InChI is InChI=1S/C13H18FNO2S/c1-10-6-11(2)9-15(8-10)18(16,17)13-5-3-4-12(14)7-13/h3-5,7,10-11H,6,8-9H2,1-2H3. The Morgan fingerprint density at radius 3 is 2.39 bits per heavy atom. The molecule has 0 amide bonds. The molecule has 0 N–H and O–H groups in total. The highest BCUT2D eigenvalue weighted by Crippen LogP contribution is 2.26. The van der Waals surface area contributed by atoms with E-state index in [0.717, 1.165) is 12.5 Å². The van der Waals surface area contributed by atoms with Crippen molar-refractivity contribution in [2.24, 2.45) is 11.8 Å². The van der Waals surface area contributed by atoms with Crippen molar-refractivity contribution in [2.75, 3.05) is 13.1 Å². The zero-order chi connectivity index (χ0) is 13.3. The number of piperidine rings is 1. The van der Waals surface area contributed by atoms with Gasteiger partial charge >= 0.3 is 0 Å². The van der Waals surface area contributed by atoms with Crippen molar-refractivity contribution >= 4 is 10.0 Å². The fourth-order valence-corrected chi connectivity index (χ4v) is 4.29. The first-order valence-corrected chi connectivity index (χ1v) is 7.59. The van der Waals surface area contributed by atoms with Crippen molar-refractivity contribution in [2.45, 2.75) is 25.2 Å². The van der Waals surface area contributed by atoms with E-state index in [0.29, 0.717) is 24.9 Å². The van der Waals surface area contributed by atoms with Crippen LogP contribution in [0.15, 0.2) is 29.2 Å². The Labute approximate surface area is 108 Å². The second-order valence-electron chi connectivity index (χ2n) is 5.23. The van der Waals surface area contributed by atoms with Gasteiger partial charge in [0.2, 0.25) is 10.0 Å². The molecule has 18 heavy (non-hydrogen) atoms. The molecular weight excluding hydrogens is 253 g/mol. The van der Waals surface area contributed by atoms with Gasteiger partial charge in [0.15, 0.2) is 0 Å². The van der Waals surface area contributed by atoms with Crippen LogP contribution in [0.4, 0.5) is 4.39 Å².